The minimum Gasteiger partial charge on any atom is -0.290 e. The van der Waals surface area contributed by atoms with Crippen LogP contribution in [0.25, 0.3) is 4.95 Å². The Bertz CT molecular complexity index is 967. The number of rotatable bonds is 4. The third-order valence-corrected chi connectivity index (χ3v) is 4.38. The molecule has 0 aliphatic carbocycles. The molecule has 0 unspecified atom stereocenters. The van der Waals surface area contributed by atoms with Crippen LogP contribution in [-0.2, 0) is 0 Å². The SMILES string of the molecule is [C-]#[N+]/N=C(/c1ccccc1)N(C)NC(=S)CC(=S)NN(C)C(=NC#N)c1ccccc1. The summed E-state index contributed by atoms with van der Waals surface area (Å²) in [5.41, 5.74) is 7.57. The Morgan fingerprint density at radius 1 is 0.935 bits per heavy atom. The van der Waals surface area contributed by atoms with Crippen LogP contribution in [0.15, 0.2) is 70.8 Å². The lowest BCUT2D eigenvalue weighted by Crippen LogP contribution is -2.47. The Labute approximate surface area is 192 Å². The molecule has 2 N–H and O–H groups in total. The molecule has 8 nitrogen and oxygen atoms in total. The standard InChI is InChI=1S/C21H20N8S2/c1-23-25-21(17-12-8-5-9-13-17)29(3)27-19(31)14-18(30)26-28(2)20(24-15-22)16-10-6-4-7-11-16/h4-13H,14H2,2-3H3,(H,26,30)(H,27,31)/b24-20?,25-21-. The molecule has 0 fully saturated rings. The molecule has 0 heterocycles. The van der Waals surface area contributed by atoms with Gasteiger partial charge in [-0.2, -0.15) is 16.8 Å². The Kier molecular flexibility index (Phi) is 9.05. The van der Waals surface area contributed by atoms with Crippen LogP contribution in [-0.4, -0.2) is 45.8 Å². The van der Waals surface area contributed by atoms with Gasteiger partial charge >= 0.3 is 0 Å². The van der Waals surface area contributed by atoms with Crippen molar-refractivity contribution in [3.63, 3.8) is 0 Å². The van der Waals surface area contributed by atoms with E-state index in [-0.39, 0.29) is 6.42 Å². The van der Waals surface area contributed by atoms with Crippen LogP contribution >= 0.6 is 24.4 Å². The lowest BCUT2D eigenvalue weighted by atomic mass is 10.2. The van der Waals surface area contributed by atoms with Gasteiger partial charge in [-0.15, -0.1) is 4.95 Å². The number of amidine groups is 2. The topological polar surface area (TPSA) is 83.4 Å². The van der Waals surface area contributed by atoms with Gasteiger partial charge in [0.1, 0.15) is 15.1 Å². The second kappa shape index (κ2) is 12.0. The molecule has 0 bridgehead atoms. The number of aliphatic imine (C=N–C) groups is 1. The molecule has 0 aromatic heterocycles. The summed E-state index contributed by atoms with van der Waals surface area (Å²) in [6.07, 6.45) is 2.05. The monoisotopic (exact) mass is 448 g/mol. The third-order valence-electron chi connectivity index (χ3n) is 3.91. The zero-order valence-electron chi connectivity index (χ0n) is 17.0. The smallest absolute Gasteiger partial charge is 0.237 e. The highest BCUT2D eigenvalue weighted by Crippen LogP contribution is 2.06. The number of nitriles is 1. The highest BCUT2D eigenvalue weighted by atomic mass is 32.1. The maximum absolute atomic E-state index is 9.02. The van der Waals surface area contributed by atoms with Crippen LogP contribution < -0.4 is 10.9 Å². The van der Waals surface area contributed by atoms with Crippen molar-refractivity contribution in [1.82, 2.24) is 20.9 Å². The van der Waals surface area contributed by atoms with Crippen LogP contribution in [0, 0.1) is 18.0 Å². The van der Waals surface area contributed by atoms with Gasteiger partial charge in [0, 0.05) is 25.2 Å². The van der Waals surface area contributed by atoms with Gasteiger partial charge in [-0.05, 0) is 0 Å². The van der Waals surface area contributed by atoms with E-state index < -0.39 is 0 Å². The van der Waals surface area contributed by atoms with Crippen LogP contribution in [0.3, 0.4) is 0 Å². The molecule has 0 atom stereocenters. The summed E-state index contributed by atoms with van der Waals surface area (Å²) in [5.74, 6) is 0.860. The Morgan fingerprint density at radius 3 is 1.84 bits per heavy atom. The van der Waals surface area contributed by atoms with Crippen molar-refractivity contribution in [1.29, 1.82) is 5.26 Å². The second-order valence-corrected chi connectivity index (χ2v) is 7.14. The van der Waals surface area contributed by atoms with E-state index in [4.69, 9.17) is 36.3 Å². The molecule has 2 rings (SSSR count). The van der Waals surface area contributed by atoms with E-state index in [1.165, 1.54) is 0 Å². The zero-order valence-corrected chi connectivity index (χ0v) is 18.6. The van der Waals surface area contributed by atoms with Crippen LogP contribution in [0.5, 0.6) is 0 Å². The number of hydrogen-bond acceptors (Lipinski definition) is 5. The maximum Gasteiger partial charge on any atom is 0.237 e. The van der Waals surface area contributed by atoms with Crippen molar-refractivity contribution in [2.24, 2.45) is 10.1 Å². The lowest BCUT2D eigenvalue weighted by Gasteiger charge is -2.24. The van der Waals surface area contributed by atoms with E-state index in [9.17, 15) is 0 Å². The number of nitrogens with one attached hydrogen (secondary N) is 2. The van der Waals surface area contributed by atoms with Crippen molar-refractivity contribution in [3.05, 3.63) is 83.3 Å². The normalized spacial score (nSPS) is 11.0. The van der Waals surface area contributed by atoms with Crippen LogP contribution in [0.2, 0.25) is 0 Å². The molecule has 31 heavy (non-hydrogen) atoms. The Hall–Kier alpha value is -3.86. The van der Waals surface area contributed by atoms with Gasteiger partial charge in [0.25, 0.3) is 0 Å². The number of hydrogen-bond donors (Lipinski definition) is 2. The second-order valence-electron chi connectivity index (χ2n) is 6.16. The van der Waals surface area contributed by atoms with Crippen molar-refractivity contribution in [3.8, 4) is 6.19 Å². The molecule has 2 aromatic rings. The summed E-state index contributed by atoms with van der Waals surface area (Å²) in [4.78, 5) is 7.87. The van der Waals surface area contributed by atoms with Gasteiger partial charge in [0.15, 0.2) is 5.84 Å². The molecular weight excluding hydrogens is 428 g/mol. The molecule has 0 saturated heterocycles. The predicted octanol–water partition coefficient (Wildman–Crippen LogP) is 3.11. The van der Waals surface area contributed by atoms with Gasteiger partial charge < -0.3 is 0 Å². The summed E-state index contributed by atoms with van der Waals surface area (Å²) in [7, 11) is 3.44. The highest BCUT2D eigenvalue weighted by Gasteiger charge is 2.16. The molecule has 0 aliphatic heterocycles. The number of thiocarbonyl (C=S) groups is 2. The number of benzene rings is 2. The molecule has 0 amide bonds. The average molecular weight is 449 g/mol. The molecule has 156 valence electrons. The molecule has 10 heteroatoms. The van der Waals surface area contributed by atoms with Gasteiger partial charge in [0.05, 0.1) is 6.42 Å². The molecule has 0 radical (unpaired) electrons. The zero-order chi connectivity index (χ0) is 22.6. The van der Waals surface area contributed by atoms with Gasteiger partial charge in [-0.25, -0.2) is 0 Å². The molecule has 0 saturated carbocycles. The fourth-order valence-corrected chi connectivity index (χ4v) is 3.28. The van der Waals surface area contributed by atoms with Gasteiger partial charge in [-0.3, -0.25) is 20.9 Å². The molecule has 0 spiro atoms. The van der Waals surface area contributed by atoms with E-state index in [1.807, 2.05) is 66.9 Å². The first-order chi connectivity index (χ1) is 15.0. The third kappa shape index (κ3) is 7.16. The van der Waals surface area contributed by atoms with Crippen molar-refractivity contribution in [2.45, 2.75) is 6.42 Å². The molecule has 0 aliphatic rings. The molecular formula is C21H20N8S2. The van der Waals surface area contributed by atoms with Crippen molar-refractivity contribution in [2.75, 3.05) is 14.1 Å². The fourth-order valence-electron chi connectivity index (χ4n) is 2.63. The Morgan fingerprint density at radius 2 is 1.39 bits per heavy atom. The fraction of sp³-hybridized carbons (Fsp3) is 0.143. The van der Waals surface area contributed by atoms with Crippen LogP contribution in [0.1, 0.15) is 17.5 Å². The summed E-state index contributed by atoms with van der Waals surface area (Å²) >= 11 is 10.8. The minimum absolute atomic E-state index is 0.244. The van der Waals surface area contributed by atoms with Gasteiger partial charge in [-0.1, -0.05) is 85.1 Å². The summed E-state index contributed by atoms with van der Waals surface area (Å²) in [6.45, 7) is 7.07. The largest absolute Gasteiger partial charge is 0.290 e. The van der Waals surface area contributed by atoms with E-state index in [0.29, 0.717) is 21.6 Å². The summed E-state index contributed by atoms with van der Waals surface area (Å²) < 4.78 is 0. The van der Waals surface area contributed by atoms with Crippen molar-refractivity contribution >= 4 is 46.1 Å². The van der Waals surface area contributed by atoms with Crippen molar-refractivity contribution < 1.29 is 0 Å². The predicted molar refractivity (Wildman–Crippen MR) is 130 cm³/mol. The Balaban J connectivity index is 1.99. The highest BCUT2D eigenvalue weighted by molar-refractivity contribution is 7.82. The van der Waals surface area contributed by atoms with E-state index in [1.54, 1.807) is 24.1 Å². The summed E-state index contributed by atoms with van der Waals surface area (Å²) in [6, 6.07) is 18.6. The quantitative estimate of drug-likeness (QED) is 0.186. The molecule has 2 aromatic carbocycles. The maximum atomic E-state index is 9.02. The average Bonchev–Trinajstić information content (AvgIpc) is 2.76. The first-order valence-corrected chi connectivity index (χ1v) is 9.86. The summed E-state index contributed by atoms with van der Waals surface area (Å²) in [5, 5.41) is 16.0. The van der Waals surface area contributed by atoms with Crippen LogP contribution in [0.4, 0.5) is 0 Å². The van der Waals surface area contributed by atoms with E-state index in [2.05, 4.69) is 25.9 Å². The first-order valence-electron chi connectivity index (χ1n) is 9.04. The number of nitrogens with zero attached hydrogens (tertiary/aromatic N) is 6. The minimum atomic E-state index is 0.244. The lowest BCUT2D eigenvalue weighted by molar-refractivity contribution is 0.451. The van der Waals surface area contributed by atoms with E-state index in [0.717, 1.165) is 11.1 Å². The first kappa shape index (κ1) is 23.4. The van der Waals surface area contributed by atoms with Gasteiger partial charge in [0.2, 0.25) is 12.0 Å². The van der Waals surface area contributed by atoms with E-state index >= 15 is 0 Å². The number of hydrazine groups is 2.